The fraction of sp³-hybridized carbons (Fsp3) is 0.214. The highest BCUT2D eigenvalue weighted by atomic mass is 15.2. The molecule has 0 unspecified atom stereocenters. The summed E-state index contributed by atoms with van der Waals surface area (Å²) in [6, 6.07) is 14.3. The Balaban J connectivity index is 2.33. The minimum atomic E-state index is 0.820. The number of hydrogen-bond acceptors (Lipinski definition) is 3. The standard InChI is InChI=1S/C14H17N3/c1-15-11-12-7-6-10-16-14(12)17(2)13-8-4-3-5-9-13/h3-10,15H,11H2,1-2H3. The normalized spacial score (nSPS) is 10.2. The van der Waals surface area contributed by atoms with Crippen LogP contribution in [0.1, 0.15) is 5.56 Å². The van der Waals surface area contributed by atoms with Gasteiger partial charge in [0.2, 0.25) is 0 Å². The molecule has 88 valence electrons. The van der Waals surface area contributed by atoms with Crippen LogP contribution in [0.4, 0.5) is 11.5 Å². The minimum Gasteiger partial charge on any atom is -0.329 e. The molecule has 0 aliphatic heterocycles. The first kappa shape index (κ1) is 11.6. The molecule has 0 spiro atoms. The molecule has 0 radical (unpaired) electrons. The highest BCUT2D eigenvalue weighted by molar-refractivity contribution is 5.61. The first-order valence-electron chi connectivity index (χ1n) is 5.70. The molecular formula is C14H17N3. The van der Waals surface area contributed by atoms with Crippen LogP contribution in [0.15, 0.2) is 48.7 Å². The second-order valence-corrected chi connectivity index (χ2v) is 3.91. The molecule has 0 bridgehead atoms. The van der Waals surface area contributed by atoms with Crippen molar-refractivity contribution in [3.63, 3.8) is 0 Å². The molecule has 0 aliphatic carbocycles. The number of rotatable bonds is 4. The number of nitrogens with zero attached hydrogens (tertiary/aromatic N) is 2. The predicted molar refractivity (Wildman–Crippen MR) is 71.5 cm³/mol. The van der Waals surface area contributed by atoms with Crippen molar-refractivity contribution in [3.05, 3.63) is 54.2 Å². The molecule has 17 heavy (non-hydrogen) atoms. The smallest absolute Gasteiger partial charge is 0.137 e. The number of benzene rings is 1. The van der Waals surface area contributed by atoms with Crippen molar-refractivity contribution in [2.24, 2.45) is 0 Å². The fourth-order valence-corrected chi connectivity index (χ4v) is 1.83. The third-order valence-electron chi connectivity index (χ3n) is 2.70. The van der Waals surface area contributed by atoms with Crippen LogP contribution in [0.3, 0.4) is 0 Å². The summed E-state index contributed by atoms with van der Waals surface area (Å²) in [6.07, 6.45) is 1.83. The van der Waals surface area contributed by atoms with E-state index in [1.807, 2.05) is 44.6 Å². The van der Waals surface area contributed by atoms with E-state index in [0.29, 0.717) is 0 Å². The fourth-order valence-electron chi connectivity index (χ4n) is 1.83. The van der Waals surface area contributed by atoms with Gasteiger partial charge in [-0.3, -0.25) is 0 Å². The van der Waals surface area contributed by atoms with Crippen molar-refractivity contribution in [2.75, 3.05) is 19.0 Å². The summed E-state index contributed by atoms with van der Waals surface area (Å²) in [5.41, 5.74) is 2.34. The van der Waals surface area contributed by atoms with Gasteiger partial charge in [0.15, 0.2) is 0 Å². The number of nitrogens with one attached hydrogen (secondary N) is 1. The largest absolute Gasteiger partial charge is 0.329 e. The van der Waals surface area contributed by atoms with Gasteiger partial charge < -0.3 is 10.2 Å². The molecule has 3 nitrogen and oxygen atoms in total. The summed E-state index contributed by atoms with van der Waals surface area (Å²) in [7, 11) is 3.98. The van der Waals surface area contributed by atoms with Crippen LogP contribution in [0.5, 0.6) is 0 Å². The molecule has 0 amide bonds. The SMILES string of the molecule is CNCc1cccnc1N(C)c1ccccc1. The average molecular weight is 227 g/mol. The van der Waals surface area contributed by atoms with Gasteiger partial charge in [-0.2, -0.15) is 0 Å². The maximum Gasteiger partial charge on any atom is 0.137 e. The van der Waals surface area contributed by atoms with Gasteiger partial charge in [-0.15, -0.1) is 0 Å². The van der Waals surface area contributed by atoms with Crippen molar-refractivity contribution in [1.29, 1.82) is 0 Å². The van der Waals surface area contributed by atoms with E-state index in [9.17, 15) is 0 Å². The zero-order valence-corrected chi connectivity index (χ0v) is 10.2. The monoisotopic (exact) mass is 227 g/mol. The van der Waals surface area contributed by atoms with Crippen LogP contribution in [0.25, 0.3) is 0 Å². The van der Waals surface area contributed by atoms with Crippen molar-refractivity contribution in [3.8, 4) is 0 Å². The predicted octanol–water partition coefficient (Wildman–Crippen LogP) is 2.57. The van der Waals surface area contributed by atoms with Gasteiger partial charge in [0.05, 0.1) is 0 Å². The van der Waals surface area contributed by atoms with E-state index in [4.69, 9.17) is 0 Å². The zero-order valence-electron chi connectivity index (χ0n) is 10.2. The Labute approximate surface area is 102 Å². The first-order valence-corrected chi connectivity index (χ1v) is 5.70. The molecule has 0 atom stereocenters. The lowest BCUT2D eigenvalue weighted by Gasteiger charge is -2.21. The van der Waals surface area contributed by atoms with Gasteiger partial charge in [-0.1, -0.05) is 24.3 Å². The highest BCUT2D eigenvalue weighted by Gasteiger charge is 2.09. The van der Waals surface area contributed by atoms with Gasteiger partial charge >= 0.3 is 0 Å². The Kier molecular flexibility index (Phi) is 3.73. The molecule has 1 N–H and O–H groups in total. The lowest BCUT2D eigenvalue weighted by Crippen LogP contribution is -2.16. The van der Waals surface area contributed by atoms with Crippen LogP contribution in [0, 0.1) is 0 Å². The molecule has 0 saturated carbocycles. The molecule has 1 aromatic heterocycles. The quantitative estimate of drug-likeness (QED) is 0.870. The maximum atomic E-state index is 4.46. The van der Waals surface area contributed by atoms with E-state index < -0.39 is 0 Å². The van der Waals surface area contributed by atoms with E-state index in [1.165, 1.54) is 5.56 Å². The van der Waals surface area contributed by atoms with Crippen molar-refractivity contribution in [2.45, 2.75) is 6.54 Å². The van der Waals surface area contributed by atoms with E-state index in [0.717, 1.165) is 18.1 Å². The highest BCUT2D eigenvalue weighted by Crippen LogP contribution is 2.24. The van der Waals surface area contributed by atoms with E-state index in [2.05, 4.69) is 33.4 Å². The van der Waals surface area contributed by atoms with Gasteiger partial charge in [0.1, 0.15) is 5.82 Å². The summed E-state index contributed by atoms with van der Waals surface area (Å²) in [5.74, 6) is 0.994. The lowest BCUT2D eigenvalue weighted by molar-refractivity contribution is 0.810. The zero-order chi connectivity index (χ0) is 12.1. The summed E-state index contributed by atoms with van der Waals surface area (Å²) < 4.78 is 0. The summed E-state index contributed by atoms with van der Waals surface area (Å²) in [6.45, 7) is 0.820. The second-order valence-electron chi connectivity index (χ2n) is 3.91. The lowest BCUT2D eigenvalue weighted by atomic mass is 10.2. The van der Waals surface area contributed by atoms with Crippen LogP contribution in [0.2, 0.25) is 0 Å². The van der Waals surface area contributed by atoms with E-state index in [-0.39, 0.29) is 0 Å². The number of hydrogen-bond donors (Lipinski definition) is 1. The molecule has 0 aliphatic rings. The third kappa shape index (κ3) is 2.63. The Hall–Kier alpha value is -1.87. The maximum absolute atomic E-state index is 4.46. The van der Waals surface area contributed by atoms with Gasteiger partial charge in [-0.05, 0) is 25.2 Å². The van der Waals surface area contributed by atoms with Gasteiger partial charge in [-0.25, -0.2) is 4.98 Å². The van der Waals surface area contributed by atoms with E-state index in [1.54, 1.807) is 0 Å². The van der Waals surface area contributed by atoms with E-state index >= 15 is 0 Å². The molecule has 1 heterocycles. The van der Waals surface area contributed by atoms with Crippen molar-refractivity contribution < 1.29 is 0 Å². The Morgan fingerprint density at radius 1 is 1.12 bits per heavy atom. The Morgan fingerprint density at radius 3 is 2.59 bits per heavy atom. The Bertz CT molecular complexity index is 468. The molecular weight excluding hydrogens is 210 g/mol. The third-order valence-corrected chi connectivity index (χ3v) is 2.70. The van der Waals surface area contributed by atoms with Crippen molar-refractivity contribution >= 4 is 11.5 Å². The molecule has 1 aromatic carbocycles. The van der Waals surface area contributed by atoms with Crippen LogP contribution < -0.4 is 10.2 Å². The van der Waals surface area contributed by atoms with Crippen LogP contribution >= 0.6 is 0 Å². The molecule has 2 aromatic rings. The second kappa shape index (κ2) is 5.46. The van der Waals surface area contributed by atoms with Crippen LogP contribution in [-0.2, 0) is 6.54 Å². The number of pyridine rings is 1. The summed E-state index contributed by atoms with van der Waals surface area (Å²) in [5, 5.41) is 3.16. The summed E-state index contributed by atoms with van der Waals surface area (Å²) >= 11 is 0. The van der Waals surface area contributed by atoms with Gasteiger partial charge in [0, 0.05) is 31.0 Å². The average Bonchev–Trinajstić information content (AvgIpc) is 2.40. The topological polar surface area (TPSA) is 28.2 Å². The molecule has 0 fully saturated rings. The Morgan fingerprint density at radius 2 is 1.88 bits per heavy atom. The number of aromatic nitrogens is 1. The minimum absolute atomic E-state index is 0.820. The number of anilines is 2. The van der Waals surface area contributed by atoms with Crippen LogP contribution in [-0.4, -0.2) is 19.1 Å². The number of para-hydroxylation sites is 1. The molecule has 0 saturated heterocycles. The van der Waals surface area contributed by atoms with Gasteiger partial charge in [0.25, 0.3) is 0 Å². The molecule has 2 rings (SSSR count). The molecule has 3 heteroatoms. The summed E-state index contributed by atoms with van der Waals surface area (Å²) in [4.78, 5) is 6.56. The van der Waals surface area contributed by atoms with Crippen molar-refractivity contribution in [1.82, 2.24) is 10.3 Å². The first-order chi connectivity index (χ1) is 8.33.